The van der Waals surface area contributed by atoms with E-state index in [0.29, 0.717) is 21.4 Å². The molecule has 3 rings (SSSR count). The van der Waals surface area contributed by atoms with Gasteiger partial charge < -0.3 is 18.6 Å². The summed E-state index contributed by atoms with van der Waals surface area (Å²) in [7, 11) is 2.71. The first-order valence-corrected chi connectivity index (χ1v) is 8.39. The maximum absolute atomic E-state index is 14.1. The monoisotopic (exact) mass is 378 g/mol. The molecule has 0 spiro atoms. The number of rotatable bonds is 6. The maximum Gasteiger partial charge on any atom is 0.373 e. The van der Waals surface area contributed by atoms with Crippen LogP contribution in [0.4, 0.5) is 4.39 Å². The highest BCUT2D eigenvalue weighted by molar-refractivity contribution is 7.21. The van der Waals surface area contributed by atoms with Crippen LogP contribution in [0.3, 0.4) is 0 Å². The average Bonchev–Trinajstić information content (AvgIpc) is 3.25. The van der Waals surface area contributed by atoms with Crippen molar-refractivity contribution in [1.29, 1.82) is 0 Å². The van der Waals surface area contributed by atoms with Gasteiger partial charge in [0.25, 0.3) is 0 Å². The lowest BCUT2D eigenvalue weighted by Gasteiger charge is -2.05. The third kappa shape index (κ3) is 3.47. The molecule has 0 saturated carbocycles. The summed E-state index contributed by atoms with van der Waals surface area (Å²) in [6, 6.07) is 7.59. The average molecular weight is 378 g/mol. The van der Waals surface area contributed by atoms with E-state index in [-0.39, 0.29) is 23.9 Å². The van der Waals surface area contributed by atoms with E-state index in [0.717, 1.165) is 11.3 Å². The van der Waals surface area contributed by atoms with Crippen molar-refractivity contribution < 1.29 is 32.6 Å². The number of furan rings is 1. The Morgan fingerprint density at radius 2 is 1.92 bits per heavy atom. The molecule has 2 heterocycles. The predicted octanol–water partition coefficient (Wildman–Crippen LogP) is 3.92. The van der Waals surface area contributed by atoms with Crippen LogP contribution in [0.15, 0.2) is 34.7 Å². The predicted molar refractivity (Wildman–Crippen MR) is 91.7 cm³/mol. The van der Waals surface area contributed by atoms with Gasteiger partial charge in [-0.3, -0.25) is 0 Å². The number of hydrogen-bond acceptors (Lipinski definition) is 7. The molecule has 3 aromatic rings. The van der Waals surface area contributed by atoms with Crippen LogP contribution < -0.4 is 0 Å². The molecule has 136 valence electrons. The zero-order valence-corrected chi connectivity index (χ0v) is 14.9. The number of carbonyl (C=O) groups is 2. The molecule has 0 atom stereocenters. The van der Waals surface area contributed by atoms with Crippen LogP contribution in [-0.4, -0.2) is 26.2 Å². The third-order valence-corrected chi connectivity index (χ3v) is 4.81. The van der Waals surface area contributed by atoms with Gasteiger partial charge >= 0.3 is 11.9 Å². The second kappa shape index (κ2) is 7.67. The summed E-state index contributed by atoms with van der Waals surface area (Å²) in [5.74, 6) is -1.35. The SMILES string of the molecule is COCc1c(C(=O)OCc2ccc(C(=O)OC)o2)sc2cccc(F)c12. The number of esters is 2. The maximum atomic E-state index is 14.1. The summed E-state index contributed by atoms with van der Waals surface area (Å²) in [5.41, 5.74) is 0.449. The summed E-state index contributed by atoms with van der Waals surface area (Å²) >= 11 is 1.14. The first kappa shape index (κ1) is 18.1. The fourth-order valence-electron chi connectivity index (χ4n) is 2.48. The van der Waals surface area contributed by atoms with Gasteiger partial charge in [0.15, 0.2) is 0 Å². The summed E-state index contributed by atoms with van der Waals surface area (Å²) in [6.45, 7) is -0.0857. The number of carbonyl (C=O) groups excluding carboxylic acids is 2. The summed E-state index contributed by atoms with van der Waals surface area (Å²) < 4.78 is 34.9. The van der Waals surface area contributed by atoms with E-state index >= 15 is 0 Å². The lowest BCUT2D eigenvalue weighted by Crippen LogP contribution is -2.06. The highest BCUT2D eigenvalue weighted by Gasteiger charge is 2.22. The molecular weight excluding hydrogens is 363 g/mol. The van der Waals surface area contributed by atoms with E-state index in [1.54, 1.807) is 12.1 Å². The van der Waals surface area contributed by atoms with Gasteiger partial charge in [0.2, 0.25) is 5.76 Å². The number of halogens is 1. The van der Waals surface area contributed by atoms with Crippen LogP contribution >= 0.6 is 11.3 Å². The lowest BCUT2D eigenvalue weighted by atomic mass is 10.1. The second-order valence-corrected chi connectivity index (χ2v) is 6.34. The molecule has 0 N–H and O–H groups in total. The molecule has 0 aliphatic heterocycles. The van der Waals surface area contributed by atoms with Gasteiger partial charge in [-0.05, 0) is 24.3 Å². The minimum Gasteiger partial charge on any atom is -0.463 e. The van der Waals surface area contributed by atoms with E-state index in [9.17, 15) is 14.0 Å². The number of hydrogen-bond donors (Lipinski definition) is 0. The quantitative estimate of drug-likeness (QED) is 0.605. The Bertz CT molecular complexity index is 958. The number of fused-ring (bicyclic) bond motifs is 1. The normalized spacial score (nSPS) is 10.9. The highest BCUT2D eigenvalue weighted by atomic mass is 32.1. The lowest BCUT2D eigenvalue weighted by molar-refractivity contribution is 0.0440. The summed E-state index contributed by atoms with van der Waals surface area (Å²) in [5, 5.41) is 0.359. The molecule has 0 unspecified atom stereocenters. The largest absolute Gasteiger partial charge is 0.463 e. The summed E-state index contributed by atoms with van der Waals surface area (Å²) in [4.78, 5) is 24.1. The van der Waals surface area contributed by atoms with Crippen LogP contribution in [0.1, 0.15) is 31.6 Å². The van der Waals surface area contributed by atoms with Crippen LogP contribution in [0.2, 0.25) is 0 Å². The van der Waals surface area contributed by atoms with Crippen molar-refractivity contribution in [1.82, 2.24) is 0 Å². The molecule has 0 bridgehead atoms. The second-order valence-electron chi connectivity index (χ2n) is 5.29. The van der Waals surface area contributed by atoms with Crippen molar-refractivity contribution in [2.45, 2.75) is 13.2 Å². The Kier molecular flexibility index (Phi) is 5.34. The number of thiophene rings is 1. The molecule has 26 heavy (non-hydrogen) atoms. The summed E-state index contributed by atoms with van der Waals surface area (Å²) in [6.07, 6.45) is 0. The smallest absolute Gasteiger partial charge is 0.373 e. The molecule has 0 amide bonds. The van der Waals surface area contributed by atoms with Gasteiger partial charge in [-0.1, -0.05) is 6.07 Å². The van der Waals surface area contributed by atoms with E-state index in [1.807, 2.05) is 0 Å². The van der Waals surface area contributed by atoms with Crippen LogP contribution in [-0.2, 0) is 27.4 Å². The first-order chi connectivity index (χ1) is 12.5. The van der Waals surface area contributed by atoms with E-state index in [2.05, 4.69) is 4.74 Å². The van der Waals surface area contributed by atoms with Gasteiger partial charge in [0.1, 0.15) is 23.1 Å². The molecular formula is C18H15FO6S. The number of benzene rings is 1. The van der Waals surface area contributed by atoms with E-state index < -0.39 is 17.8 Å². The zero-order valence-electron chi connectivity index (χ0n) is 14.0. The van der Waals surface area contributed by atoms with Crippen molar-refractivity contribution in [2.75, 3.05) is 14.2 Å². The van der Waals surface area contributed by atoms with Gasteiger partial charge in [-0.15, -0.1) is 11.3 Å². The fourth-order valence-corrected chi connectivity index (χ4v) is 3.60. The fraction of sp³-hybridized carbons (Fsp3) is 0.222. The van der Waals surface area contributed by atoms with Crippen molar-refractivity contribution in [3.8, 4) is 0 Å². The Balaban J connectivity index is 1.81. The zero-order chi connectivity index (χ0) is 18.7. The van der Waals surface area contributed by atoms with E-state index in [1.165, 1.54) is 32.4 Å². The molecule has 0 aliphatic carbocycles. The highest BCUT2D eigenvalue weighted by Crippen LogP contribution is 2.34. The standard InChI is InChI=1S/C18H15FO6S/c1-22-9-11-15-12(19)4-3-5-14(15)26-16(11)18(21)24-8-10-6-7-13(25-10)17(20)23-2/h3-7H,8-9H2,1-2H3. The number of ether oxygens (including phenoxy) is 3. The molecule has 0 aliphatic rings. The van der Waals surface area contributed by atoms with Crippen LogP contribution in [0.5, 0.6) is 0 Å². The molecule has 1 aromatic carbocycles. The van der Waals surface area contributed by atoms with E-state index in [4.69, 9.17) is 13.9 Å². The van der Waals surface area contributed by atoms with Crippen molar-refractivity contribution in [3.63, 3.8) is 0 Å². The molecule has 0 saturated heterocycles. The van der Waals surface area contributed by atoms with Crippen molar-refractivity contribution in [2.24, 2.45) is 0 Å². The third-order valence-electron chi connectivity index (χ3n) is 3.63. The Hall–Kier alpha value is -2.71. The van der Waals surface area contributed by atoms with Crippen LogP contribution in [0.25, 0.3) is 10.1 Å². The number of methoxy groups -OCH3 is 2. The van der Waals surface area contributed by atoms with Gasteiger partial charge in [0.05, 0.1) is 13.7 Å². The minimum absolute atomic E-state index is 0.0163. The molecule has 8 heteroatoms. The van der Waals surface area contributed by atoms with Crippen molar-refractivity contribution >= 4 is 33.4 Å². The minimum atomic E-state index is -0.620. The Morgan fingerprint density at radius 3 is 2.65 bits per heavy atom. The topological polar surface area (TPSA) is 75.0 Å². The van der Waals surface area contributed by atoms with Gasteiger partial charge in [0, 0.05) is 22.8 Å². The molecule has 0 fully saturated rings. The molecule has 6 nitrogen and oxygen atoms in total. The molecule has 2 aromatic heterocycles. The van der Waals surface area contributed by atoms with Crippen molar-refractivity contribution in [3.05, 3.63) is 58.1 Å². The molecule has 0 radical (unpaired) electrons. The van der Waals surface area contributed by atoms with Gasteiger partial charge in [-0.2, -0.15) is 0 Å². The Morgan fingerprint density at radius 1 is 1.12 bits per heavy atom. The van der Waals surface area contributed by atoms with Crippen LogP contribution in [0, 0.1) is 5.82 Å². The Labute approximate surface area is 152 Å². The van der Waals surface area contributed by atoms with Gasteiger partial charge in [-0.25, -0.2) is 14.0 Å². The first-order valence-electron chi connectivity index (χ1n) is 7.58.